The smallest absolute Gasteiger partial charge is 0.340 e. The second-order valence-corrected chi connectivity index (χ2v) is 5.96. The highest BCUT2D eigenvalue weighted by Gasteiger charge is 2.38. The van der Waals surface area contributed by atoms with Crippen molar-refractivity contribution < 1.29 is 19.4 Å². The number of nitrogens with zero attached hydrogens (tertiary/aromatic N) is 1. The fourth-order valence-electron chi connectivity index (χ4n) is 3.25. The van der Waals surface area contributed by atoms with E-state index in [0.29, 0.717) is 17.0 Å². The number of aliphatic hydroxyl groups excluding tert-OH is 1. The molecule has 0 fully saturated rings. The highest BCUT2D eigenvalue weighted by atomic mass is 16.5. The van der Waals surface area contributed by atoms with Gasteiger partial charge in [-0.25, -0.2) is 4.79 Å². The molecular formula is C19H20N2O5. The van der Waals surface area contributed by atoms with Crippen molar-refractivity contribution in [2.45, 2.75) is 19.4 Å². The number of carbonyl (C=O) groups is 1. The Morgan fingerprint density at radius 1 is 1.35 bits per heavy atom. The molecule has 1 aliphatic rings. The van der Waals surface area contributed by atoms with Crippen molar-refractivity contribution in [3.63, 3.8) is 0 Å². The maximum atomic E-state index is 13.1. The Balaban J connectivity index is 2.32. The Bertz CT molecular complexity index is 931. The van der Waals surface area contributed by atoms with E-state index in [9.17, 15) is 14.7 Å². The van der Waals surface area contributed by atoms with Crippen LogP contribution in [0.1, 0.15) is 22.7 Å². The van der Waals surface area contributed by atoms with Crippen molar-refractivity contribution in [3.8, 4) is 5.75 Å². The average Bonchev–Trinajstić information content (AvgIpc) is 2.64. The molecule has 0 aliphatic carbocycles. The van der Waals surface area contributed by atoms with E-state index in [1.165, 1.54) is 11.7 Å². The predicted molar refractivity (Wildman–Crippen MR) is 94.7 cm³/mol. The minimum Gasteiger partial charge on any atom is -0.465 e. The summed E-state index contributed by atoms with van der Waals surface area (Å²) in [4.78, 5) is 25.5. The molecule has 136 valence electrons. The summed E-state index contributed by atoms with van der Waals surface area (Å²) in [6.45, 7) is 1.71. The molecule has 2 aromatic rings. The Labute approximate surface area is 150 Å². The maximum Gasteiger partial charge on any atom is 0.340 e. The minimum atomic E-state index is -0.717. The summed E-state index contributed by atoms with van der Waals surface area (Å²) >= 11 is 0. The van der Waals surface area contributed by atoms with E-state index in [0.717, 1.165) is 5.56 Å². The summed E-state index contributed by atoms with van der Waals surface area (Å²) in [5.41, 5.74) is 7.40. The van der Waals surface area contributed by atoms with Gasteiger partial charge in [0.1, 0.15) is 11.3 Å². The van der Waals surface area contributed by atoms with Gasteiger partial charge in [-0.15, -0.1) is 0 Å². The molecule has 0 saturated heterocycles. The van der Waals surface area contributed by atoms with Crippen LogP contribution in [0, 0.1) is 6.92 Å². The molecular weight excluding hydrogens is 336 g/mol. The fourth-order valence-corrected chi connectivity index (χ4v) is 3.25. The van der Waals surface area contributed by atoms with Gasteiger partial charge in [0.25, 0.3) is 5.56 Å². The SMILES string of the molecule is COC(=O)C1=C(N)Oc2cc(C)n(CCO)c(=O)c2[C@H]1c1ccccc1. The van der Waals surface area contributed by atoms with Gasteiger partial charge in [-0.1, -0.05) is 30.3 Å². The first-order chi connectivity index (χ1) is 12.5. The number of nitrogens with two attached hydrogens (primary N) is 1. The largest absolute Gasteiger partial charge is 0.465 e. The predicted octanol–water partition coefficient (Wildman–Crippen LogP) is 1.02. The van der Waals surface area contributed by atoms with Crippen LogP contribution in [-0.4, -0.2) is 29.4 Å². The second kappa shape index (κ2) is 7.05. The number of hydrogen-bond acceptors (Lipinski definition) is 6. The van der Waals surface area contributed by atoms with Crippen molar-refractivity contribution >= 4 is 5.97 Å². The van der Waals surface area contributed by atoms with Crippen LogP contribution in [-0.2, 0) is 16.1 Å². The molecule has 0 bridgehead atoms. The number of ether oxygens (including phenoxy) is 2. The monoisotopic (exact) mass is 356 g/mol. The summed E-state index contributed by atoms with van der Waals surface area (Å²) < 4.78 is 11.9. The third kappa shape index (κ3) is 2.86. The zero-order valence-electron chi connectivity index (χ0n) is 14.6. The molecule has 1 atom stereocenters. The number of esters is 1. The summed E-state index contributed by atoms with van der Waals surface area (Å²) in [7, 11) is 1.25. The van der Waals surface area contributed by atoms with Crippen LogP contribution in [0.15, 0.2) is 52.6 Å². The summed E-state index contributed by atoms with van der Waals surface area (Å²) in [6.07, 6.45) is 0. The molecule has 1 aromatic carbocycles. The van der Waals surface area contributed by atoms with Gasteiger partial charge in [0, 0.05) is 18.3 Å². The van der Waals surface area contributed by atoms with Crippen LogP contribution < -0.4 is 16.0 Å². The van der Waals surface area contributed by atoms with Crippen molar-refractivity contribution in [2.75, 3.05) is 13.7 Å². The molecule has 1 aromatic heterocycles. The minimum absolute atomic E-state index is 0.0858. The van der Waals surface area contributed by atoms with Crippen molar-refractivity contribution in [3.05, 3.63) is 75.0 Å². The Morgan fingerprint density at radius 3 is 2.65 bits per heavy atom. The maximum absolute atomic E-state index is 13.1. The van der Waals surface area contributed by atoms with Crippen LogP contribution in [0.25, 0.3) is 0 Å². The number of aliphatic hydroxyl groups is 1. The first-order valence-corrected chi connectivity index (χ1v) is 8.15. The van der Waals surface area contributed by atoms with E-state index in [1.807, 2.05) is 30.3 Å². The van der Waals surface area contributed by atoms with Gasteiger partial charge in [-0.3, -0.25) is 4.79 Å². The second-order valence-electron chi connectivity index (χ2n) is 5.96. The lowest BCUT2D eigenvalue weighted by molar-refractivity contribution is -0.136. The molecule has 0 unspecified atom stereocenters. The van der Waals surface area contributed by atoms with Crippen molar-refractivity contribution in [1.82, 2.24) is 4.57 Å². The highest BCUT2D eigenvalue weighted by Crippen LogP contribution is 2.41. The van der Waals surface area contributed by atoms with E-state index < -0.39 is 11.9 Å². The molecule has 7 nitrogen and oxygen atoms in total. The molecule has 3 rings (SSSR count). The van der Waals surface area contributed by atoms with E-state index in [-0.39, 0.29) is 30.2 Å². The topological polar surface area (TPSA) is 104 Å². The summed E-state index contributed by atoms with van der Waals surface area (Å²) in [5, 5.41) is 9.28. The third-order valence-electron chi connectivity index (χ3n) is 4.43. The van der Waals surface area contributed by atoms with Gasteiger partial charge >= 0.3 is 5.97 Å². The van der Waals surface area contributed by atoms with Gasteiger partial charge in [0.2, 0.25) is 5.88 Å². The van der Waals surface area contributed by atoms with Crippen molar-refractivity contribution in [2.24, 2.45) is 5.73 Å². The standard InChI is InChI=1S/C19H20N2O5/c1-11-10-13-15(18(23)21(11)8-9-22)14(12-6-4-3-5-7-12)16(17(20)26-13)19(24)25-2/h3-7,10,14,22H,8-9,20H2,1-2H3/t14-/m1/s1. The summed E-state index contributed by atoms with van der Waals surface area (Å²) in [5.74, 6) is -1.15. The number of pyridine rings is 1. The number of hydrogen-bond donors (Lipinski definition) is 2. The zero-order chi connectivity index (χ0) is 18.8. The number of aryl methyl sites for hydroxylation is 1. The van der Waals surface area contributed by atoms with Gasteiger partial charge in [-0.05, 0) is 12.5 Å². The van der Waals surface area contributed by atoms with E-state index in [1.54, 1.807) is 13.0 Å². The molecule has 0 amide bonds. The number of aromatic nitrogens is 1. The fraction of sp³-hybridized carbons (Fsp3) is 0.263. The molecule has 0 spiro atoms. The number of carbonyl (C=O) groups excluding carboxylic acids is 1. The van der Waals surface area contributed by atoms with E-state index in [2.05, 4.69) is 0 Å². The lowest BCUT2D eigenvalue weighted by Gasteiger charge is -2.28. The van der Waals surface area contributed by atoms with Crippen LogP contribution in [0.5, 0.6) is 5.75 Å². The van der Waals surface area contributed by atoms with Crippen LogP contribution in [0.4, 0.5) is 0 Å². The van der Waals surface area contributed by atoms with Crippen LogP contribution in [0.2, 0.25) is 0 Å². The number of methoxy groups -OCH3 is 1. The molecule has 1 aliphatic heterocycles. The quantitative estimate of drug-likeness (QED) is 0.793. The zero-order valence-corrected chi connectivity index (χ0v) is 14.6. The first-order valence-electron chi connectivity index (χ1n) is 8.15. The molecule has 7 heteroatoms. The number of fused-ring (bicyclic) bond motifs is 1. The van der Waals surface area contributed by atoms with Crippen LogP contribution in [0.3, 0.4) is 0 Å². The molecule has 2 heterocycles. The Morgan fingerprint density at radius 2 is 2.04 bits per heavy atom. The molecule has 0 saturated carbocycles. The Hall–Kier alpha value is -3.06. The lowest BCUT2D eigenvalue weighted by Crippen LogP contribution is -2.35. The third-order valence-corrected chi connectivity index (χ3v) is 4.43. The van der Waals surface area contributed by atoms with Gasteiger partial charge in [-0.2, -0.15) is 0 Å². The lowest BCUT2D eigenvalue weighted by atomic mass is 9.83. The van der Waals surface area contributed by atoms with E-state index in [4.69, 9.17) is 15.2 Å². The number of rotatable bonds is 4. The first kappa shape index (κ1) is 17.8. The van der Waals surface area contributed by atoms with E-state index >= 15 is 0 Å². The van der Waals surface area contributed by atoms with Gasteiger partial charge in [0.15, 0.2) is 0 Å². The average molecular weight is 356 g/mol. The van der Waals surface area contributed by atoms with Gasteiger partial charge in [0.05, 0.1) is 25.2 Å². The molecule has 26 heavy (non-hydrogen) atoms. The highest BCUT2D eigenvalue weighted by molar-refractivity contribution is 5.92. The van der Waals surface area contributed by atoms with Gasteiger partial charge < -0.3 is 24.9 Å². The Kier molecular flexibility index (Phi) is 4.81. The van der Waals surface area contributed by atoms with Crippen LogP contribution >= 0.6 is 0 Å². The van der Waals surface area contributed by atoms with Crippen molar-refractivity contribution in [1.29, 1.82) is 0 Å². The normalized spacial score (nSPS) is 16.0. The summed E-state index contributed by atoms with van der Waals surface area (Å²) in [6, 6.07) is 10.8. The molecule has 3 N–H and O–H groups in total. The number of benzene rings is 1. The molecule has 0 radical (unpaired) electrons.